The number of hydrogen-bond acceptors (Lipinski definition) is 2. The van der Waals surface area contributed by atoms with Crippen LogP contribution >= 0.6 is 0 Å². The summed E-state index contributed by atoms with van der Waals surface area (Å²) in [6.45, 7) is 0.299. The summed E-state index contributed by atoms with van der Waals surface area (Å²) in [7, 11) is 0. The second-order valence-corrected chi connectivity index (χ2v) is 5.05. The van der Waals surface area contributed by atoms with Crippen molar-refractivity contribution in [1.29, 1.82) is 0 Å². The Bertz CT molecular complexity index is 337. The highest BCUT2D eigenvalue weighted by molar-refractivity contribution is 5.02. The highest BCUT2D eigenvalue weighted by atomic mass is 19.4. The predicted molar refractivity (Wildman–Crippen MR) is 57.1 cm³/mol. The van der Waals surface area contributed by atoms with Crippen LogP contribution in [0.4, 0.5) is 39.5 Å². The predicted octanol–water partition coefficient (Wildman–Crippen LogP) is 3.91. The Kier molecular flexibility index (Phi) is 5.33. The lowest BCUT2D eigenvalue weighted by Gasteiger charge is -2.38. The van der Waals surface area contributed by atoms with E-state index in [1.165, 1.54) is 4.90 Å². The molecule has 1 heterocycles. The normalized spacial score (nSPS) is 22.4. The number of ether oxygens (including phenoxy) is 1. The zero-order chi connectivity index (χ0) is 17.4. The molecule has 1 rings (SSSR count). The fourth-order valence-electron chi connectivity index (χ4n) is 2.37. The summed E-state index contributed by atoms with van der Waals surface area (Å²) in [6, 6.07) is -0.124. The van der Waals surface area contributed by atoms with Gasteiger partial charge in [-0.15, -0.1) is 0 Å². The third-order valence-electron chi connectivity index (χ3n) is 3.59. The third-order valence-corrected chi connectivity index (χ3v) is 3.59. The summed E-state index contributed by atoms with van der Waals surface area (Å²) in [4.78, 5) is 1.48. The molecule has 132 valence electrons. The summed E-state index contributed by atoms with van der Waals surface area (Å²) >= 11 is 0. The minimum Gasteiger partial charge on any atom is -0.350 e. The lowest BCUT2D eigenvalue weighted by molar-refractivity contribution is -0.457. The number of likely N-dealkylation sites (tertiary alicyclic amines) is 1. The number of halogens is 9. The van der Waals surface area contributed by atoms with Gasteiger partial charge >= 0.3 is 24.1 Å². The average molecular weight is 347 g/mol. The van der Waals surface area contributed by atoms with Crippen molar-refractivity contribution in [2.45, 2.75) is 49.9 Å². The van der Waals surface area contributed by atoms with Gasteiger partial charge in [0.2, 0.25) is 0 Å². The zero-order valence-corrected chi connectivity index (χ0v) is 11.4. The first kappa shape index (κ1) is 19.3. The number of alkyl halides is 9. The van der Waals surface area contributed by atoms with Gasteiger partial charge < -0.3 is 4.74 Å². The lowest BCUT2D eigenvalue weighted by Crippen LogP contribution is -2.68. The Morgan fingerprint density at radius 2 is 1.36 bits per heavy atom. The Labute approximate surface area is 120 Å². The molecule has 1 saturated heterocycles. The van der Waals surface area contributed by atoms with Gasteiger partial charge in [-0.3, -0.25) is 4.90 Å². The highest BCUT2D eigenvalue weighted by Gasteiger charge is 2.85. The molecule has 0 aromatic heterocycles. The molecule has 1 aliphatic heterocycles. The van der Waals surface area contributed by atoms with Crippen LogP contribution in [-0.4, -0.2) is 54.8 Å². The molecule has 0 aromatic carbocycles. The number of rotatable bonds is 4. The quantitative estimate of drug-likeness (QED) is 0.715. The molecular weight excluding hydrogens is 333 g/mol. The molecular formula is C11H14F9NO. The van der Waals surface area contributed by atoms with Crippen molar-refractivity contribution in [3.05, 3.63) is 0 Å². The van der Waals surface area contributed by atoms with Gasteiger partial charge in [0.25, 0.3) is 0 Å². The molecule has 11 heteroatoms. The van der Waals surface area contributed by atoms with E-state index in [-0.39, 0.29) is 6.04 Å². The van der Waals surface area contributed by atoms with E-state index in [0.29, 0.717) is 19.4 Å². The van der Waals surface area contributed by atoms with Crippen molar-refractivity contribution in [3.8, 4) is 0 Å². The van der Waals surface area contributed by atoms with Gasteiger partial charge in [-0.05, 0) is 26.3 Å². The Morgan fingerprint density at radius 3 is 1.68 bits per heavy atom. The van der Waals surface area contributed by atoms with Gasteiger partial charge in [0, 0.05) is 12.6 Å². The Morgan fingerprint density at radius 1 is 0.909 bits per heavy atom. The average Bonchev–Trinajstić information content (AvgIpc) is 2.64. The van der Waals surface area contributed by atoms with E-state index in [2.05, 4.69) is 4.74 Å². The van der Waals surface area contributed by atoms with Crippen molar-refractivity contribution in [2.24, 2.45) is 0 Å². The van der Waals surface area contributed by atoms with Gasteiger partial charge in [-0.1, -0.05) is 0 Å². The molecule has 0 amide bonds. The standard InChI is InChI=1S/C11H14F9NO/c1-7-3-2-4-21(7)5-6-22-8(9(12,13)14,10(15,16)17)11(18,19)20/h7H,2-6H2,1H3. The lowest BCUT2D eigenvalue weighted by atomic mass is 10.0. The summed E-state index contributed by atoms with van der Waals surface area (Å²) in [5.74, 6) is 0. The van der Waals surface area contributed by atoms with E-state index in [9.17, 15) is 39.5 Å². The minimum absolute atomic E-state index is 0.124. The summed E-state index contributed by atoms with van der Waals surface area (Å²) in [6.07, 6.45) is -18.7. The van der Waals surface area contributed by atoms with E-state index >= 15 is 0 Å². The molecule has 1 unspecified atom stereocenters. The maximum atomic E-state index is 12.6. The molecule has 0 N–H and O–H groups in total. The monoisotopic (exact) mass is 347 g/mol. The SMILES string of the molecule is CC1CCCN1CCOC(C(F)(F)F)(C(F)(F)F)C(F)(F)F. The van der Waals surface area contributed by atoms with Crippen LogP contribution in [0.3, 0.4) is 0 Å². The third kappa shape index (κ3) is 3.44. The summed E-state index contributed by atoms with van der Waals surface area (Å²) in [5, 5.41) is 0. The zero-order valence-electron chi connectivity index (χ0n) is 11.4. The van der Waals surface area contributed by atoms with Crippen LogP contribution < -0.4 is 0 Å². The summed E-state index contributed by atoms with van der Waals surface area (Å²) in [5.41, 5.74) is -6.17. The smallest absolute Gasteiger partial charge is 0.350 e. The molecule has 0 spiro atoms. The Balaban J connectivity index is 2.96. The Hall–Kier alpha value is -0.710. The van der Waals surface area contributed by atoms with Crippen LogP contribution in [0.1, 0.15) is 19.8 Å². The second-order valence-electron chi connectivity index (χ2n) is 5.05. The second kappa shape index (κ2) is 6.06. The molecule has 1 atom stereocenters. The van der Waals surface area contributed by atoms with E-state index in [0.717, 1.165) is 0 Å². The van der Waals surface area contributed by atoms with Crippen LogP contribution in [0.5, 0.6) is 0 Å². The first-order valence-corrected chi connectivity index (χ1v) is 6.32. The van der Waals surface area contributed by atoms with E-state index in [1.54, 1.807) is 6.92 Å². The van der Waals surface area contributed by atoms with Crippen LogP contribution in [0.15, 0.2) is 0 Å². The first-order chi connectivity index (χ1) is 9.74. The van der Waals surface area contributed by atoms with E-state index < -0.39 is 37.3 Å². The molecule has 22 heavy (non-hydrogen) atoms. The molecule has 1 fully saturated rings. The van der Waals surface area contributed by atoms with Gasteiger partial charge in [-0.25, -0.2) is 0 Å². The van der Waals surface area contributed by atoms with Gasteiger partial charge in [0.15, 0.2) is 0 Å². The molecule has 0 saturated carbocycles. The maximum absolute atomic E-state index is 12.6. The fourth-order valence-corrected chi connectivity index (χ4v) is 2.37. The topological polar surface area (TPSA) is 12.5 Å². The number of nitrogens with zero attached hydrogens (tertiary/aromatic N) is 1. The van der Waals surface area contributed by atoms with Crippen LogP contribution in [-0.2, 0) is 4.74 Å². The molecule has 0 radical (unpaired) electrons. The van der Waals surface area contributed by atoms with Crippen molar-refractivity contribution in [3.63, 3.8) is 0 Å². The highest BCUT2D eigenvalue weighted by Crippen LogP contribution is 2.54. The fraction of sp³-hybridized carbons (Fsp3) is 1.00. The molecule has 2 nitrogen and oxygen atoms in total. The van der Waals surface area contributed by atoms with E-state index in [1.807, 2.05) is 0 Å². The van der Waals surface area contributed by atoms with Crippen LogP contribution in [0, 0.1) is 0 Å². The van der Waals surface area contributed by atoms with E-state index in [4.69, 9.17) is 0 Å². The van der Waals surface area contributed by atoms with Crippen LogP contribution in [0.2, 0.25) is 0 Å². The molecule has 0 aromatic rings. The van der Waals surface area contributed by atoms with Crippen LogP contribution in [0.25, 0.3) is 0 Å². The largest absolute Gasteiger partial charge is 0.435 e. The summed E-state index contributed by atoms with van der Waals surface area (Å²) < 4.78 is 117. The minimum atomic E-state index is -6.67. The van der Waals surface area contributed by atoms with Gasteiger partial charge in [-0.2, -0.15) is 39.5 Å². The molecule has 0 aliphatic carbocycles. The van der Waals surface area contributed by atoms with Crippen molar-refractivity contribution in [1.82, 2.24) is 4.90 Å². The van der Waals surface area contributed by atoms with Gasteiger partial charge in [0.05, 0.1) is 6.61 Å². The maximum Gasteiger partial charge on any atom is 0.435 e. The first-order valence-electron chi connectivity index (χ1n) is 6.32. The van der Waals surface area contributed by atoms with Crippen molar-refractivity contribution < 1.29 is 44.3 Å². The van der Waals surface area contributed by atoms with Crippen molar-refractivity contribution in [2.75, 3.05) is 19.7 Å². The van der Waals surface area contributed by atoms with Gasteiger partial charge in [0.1, 0.15) is 0 Å². The number of hydrogen-bond donors (Lipinski definition) is 0. The molecule has 0 bridgehead atoms. The van der Waals surface area contributed by atoms with Crippen molar-refractivity contribution >= 4 is 0 Å². The molecule has 1 aliphatic rings.